The average molecular weight is 152 g/mol. The zero-order valence-corrected chi connectivity index (χ0v) is 7.18. The summed E-state index contributed by atoms with van der Waals surface area (Å²) in [6.45, 7) is 2.04. The van der Waals surface area contributed by atoms with Gasteiger partial charge < -0.3 is 0 Å². The van der Waals surface area contributed by atoms with E-state index < -0.39 is 0 Å². The van der Waals surface area contributed by atoms with Crippen LogP contribution >= 0.6 is 0 Å². The van der Waals surface area contributed by atoms with Crippen LogP contribution in [0.4, 0.5) is 0 Å². The van der Waals surface area contributed by atoms with Crippen molar-refractivity contribution in [1.82, 2.24) is 0 Å². The van der Waals surface area contributed by atoms with E-state index in [4.69, 9.17) is 0 Å². The summed E-state index contributed by atoms with van der Waals surface area (Å²) in [4.78, 5) is 11.0. The smallest absolute Gasteiger partial charge is 0.155 e. The van der Waals surface area contributed by atoms with Crippen molar-refractivity contribution in [2.45, 2.75) is 39.0 Å². The van der Waals surface area contributed by atoms with Crippen molar-refractivity contribution in [3.63, 3.8) is 0 Å². The van der Waals surface area contributed by atoms with Gasteiger partial charge in [0.05, 0.1) is 0 Å². The maximum absolute atomic E-state index is 11.0. The van der Waals surface area contributed by atoms with Gasteiger partial charge >= 0.3 is 0 Å². The number of hydrogen-bond donors (Lipinski definition) is 0. The first-order valence-corrected chi connectivity index (χ1v) is 4.54. The first-order valence-electron chi connectivity index (χ1n) is 4.54. The van der Waals surface area contributed by atoms with E-state index in [-0.39, 0.29) is 0 Å². The van der Waals surface area contributed by atoms with Crippen LogP contribution in [0.2, 0.25) is 0 Å². The van der Waals surface area contributed by atoms with Gasteiger partial charge in [-0.25, -0.2) is 0 Å². The minimum atomic E-state index is 0.291. The summed E-state index contributed by atoms with van der Waals surface area (Å²) in [5.41, 5.74) is 0. The molecule has 0 aliphatic heterocycles. The van der Waals surface area contributed by atoms with Crippen LogP contribution in [0.1, 0.15) is 39.0 Å². The van der Waals surface area contributed by atoms with Crippen molar-refractivity contribution >= 4 is 5.78 Å². The van der Waals surface area contributed by atoms with Crippen LogP contribution in [-0.4, -0.2) is 5.78 Å². The number of hydrogen-bond acceptors (Lipinski definition) is 1. The largest absolute Gasteiger partial charge is 0.295 e. The lowest BCUT2D eigenvalue weighted by atomic mass is 9.85. The van der Waals surface area contributed by atoms with Gasteiger partial charge in [0.15, 0.2) is 5.78 Å². The van der Waals surface area contributed by atoms with Crippen molar-refractivity contribution in [1.29, 1.82) is 0 Å². The van der Waals surface area contributed by atoms with Crippen LogP contribution in [-0.2, 0) is 4.79 Å². The molecule has 1 heteroatoms. The Labute approximate surface area is 68.5 Å². The predicted octanol–water partition coefficient (Wildman–Crippen LogP) is 2.71. The second-order valence-corrected chi connectivity index (χ2v) is 3.27. The van der Waals surface area contributed by atoms with Crippen LogP contribution in [0, 0.1) is 5.92 Å². The van der Waals surface area contributed by atoms with Crippen molar-refractivity contribution in [2.75, 3.05) is 0 Å². The van der Waals surface area contributed by atoms with Gasteiger partial charge in [-0.05, 0) is 31.3 Å². The second kappa shape index (κ2) is 4.32. The minimum absolute atomic E-state index is 0.291. The molecule has 0 aromatic carbocycles. The van der Waals surface area contributed by atoms with E-state index in [0.717, 1.165) is 12.3 Å². The van der Waals surface area contributed by atoms with Crippen LogP contribution in [0.5, 0.6) is 0 Å². The molecule has 0 unspecified atom stereocenters. The monoisotopic (exact) mass is 152 g/mol. The third-order valence-corrected chi connectivity index (χ3v) is 2.20. The number of allylic oxidation sites excluding steroid dienone is 2. The molecule has 0 atom stereocenters. The van der Waals surface area contributed by atoms with Crippen molar-refractivity contribution in [3.8, 4) is 0 Å². The highest BCUT2D eigenvalue weighted by molar-refractivity contribution is 5.89. The Hall–Kier alpha value is -0.590. The Balaban J connectivity index is 2.16. The molecule has 1 saturated carbocycles. The number of carbonyl (C=O) groups excluding carboxylic acids is 1. The Morgan fingerprint density at radius 3 is 2.73 bits per heavy atom. The highest BCUT2D eigenvalue weighted by Crippen LogP contribution is 2.27. The summed E-state index contributed by atoms with van der Waals surface area (Å²) in [5.74, 6) is 1.01. The first kappa shape index (κ1) is 8.51. The number of carbonyl (C=O) groups is 1. The molecule has 1 rings (SSSR count). The van der Waals surface area contributed by atoms with E-state index in [1.54, 1.807) is 6.08 Å². The molecule has 1 fully saturated rings. The van der Waals surface area contributed by atoms with Gasteiger partial charge in [-0.1, -0.05) is 19.4 Å². The summed E-state index contributed by atoms with van der Waals surface area (Å²) in [6.07, 6.45) is 9.45. The molecule has 0 aromatic rings. The van der Waals surface area contributed by atoms with Crippen LogP contribution in [0.15, 0.2) is 12.2 Å². The van der Waals surface area contributed by atoms with Gasteiger partial charge in [-0.2, -0.15) is 0 Å². The Kier molecular flexibility index (Phi) is 3.34. The lowest BCUT2D eigenvalue weighted by molar-refractivity contribution is -0.114. The van der Waals surface area contributed by atoms with E-state index in [1.807, 2.05) is 6.92 Å². The maximum atomic E-state index is 11.0. The summed E-state index contributed by atoms with van der Waals surface area (Å²) in [6, 6.07) is 0. The molecule has 0 spiro atoms. The molecule has 0 N–H and O–H groups in total. The normalized spacial score (nSPS) is 18.6. The summed E-state index contributed by atoms with van der Waals surface area (Å²) in [7, 11) is 0. The topological polar surface area (TPSA) is 17.1 Å². The van der Waals surface area contributed by atoms with Gasteiger partial charge in [-0.15, -0.1) is 0 Å². The SMILES string of the molecule is CCCC(=O)/C=C/C1CCC1. The molecule has 0 radical (unpaired) electrons. The summed E-state index contributed by atoms with van der Waals surface area (Å²) >= 11 is 0. The van der Waals surface area contributed by atoms with Crippen molar-refractivity contribution in [3.05, 3.63) is 12.2 Å². The third-order valence-electron chi connectivity index (χ3n) is 2.20. The molecule has 11 heavy (non-hydrogen) atoms. The van der Waals surface area contributed by atoms with Gasteiger partial charge in [-0.3, -0.25) is 4.79 Å². The van der Waals surface area contributed by atoms with Crippen LogP contribution < -0.4 is 0 Å². The molecule has 0 heterocycles. The zero-order chi connectivity index (χ0) is 8.10. The van der Waals surface area contributed by atoms with Crippen LogP contribution in [0.25, 0.3) is 0 Å². The Morgan fingerprint density at radius 1 is 1.55 bits per heavy atom. The number of ketones is 1. The van der Waals surface area contributed by atoms with E-state index in [1.165, 1.54) is 19.3 Å². The molecule has 0 bridgehead atoms. The molecular formula is C10H16O. The molecule has 1 aliphatic rings. The lowest BCUT2D eigenvalue weighted by Crippen LogP contribution is -2.07. The van der Waals surface area contributed by atoms with E-state index in [2.05, 4.69) is 6.08 Å². The van der Waals surface area contributed by atoms with Gasteiger partial charge in [0.2, 0.25) is 0 Å². The Morgan fingerprint density at radius 2 is 2.27 bits per heavy atom. The van der Waals surface area contributed by atoms with Crippen LogP contribution in [0.3, 0.4) is 0 Å². The first-order chi connectivity index (χ1) is 5.33. The van der Waals surface area contributed by atoms with Crippen molar-refractivity contribution in [2.24, 2.45) is 5.92 Å². The lowest BCUT2D eigenvalue weighted by Gasteiger charge is -2.20. The standard InChI is InChI=1S/C10H16O/c1-2-4-10(11)8-7-9-5-3-6-9/h7-9H,2-6H2,1H3/b8-7+. The quantitative estimate of drug-likeness (QED) is 0.566. The fraction of sp³-hybridized carbons (Fsp3) is 0.700. The summed E-state index contributed by atoms with van der Waals surface area (Å²) in [5, 5.41) is 0. The predicted molar refractivity (Wildman–Crippen MR) is 46.4 cm³/mol. The average Bonchev–Trinajstić information content (AvgIpc) is 1.85. The third kappa shape index (κ3) is 2.87. The Bertz CT molecular complexity index is 154. The maximum Gasteiger partial charge on any atom is 0.155 e. The molecule has 1 nitrogen and oxygen atoms in total. The molecule has 0 saturated heterocycles. The minimum Gasteiger partial charge on any atom is -0.295 e. The molecule has 0 amide bonds. The van der Waals surface area contributed by atoms with E-state index >= 15 is 0 Å². The number of rotatable bonds is 4. The van der Waals surface area contributed by atoms with E-state index in [9.17, 15) is 4.79 Å². The molecular weight excluding hydrogens is 136 g/mol. The van der Waals surface area contributed by atoms with Crippen molar-refractivity contribution < 1.29 is 4.79 Å². The molecule has 1 aliphatic carbocycles. The molecule has 0 aromatic heterocycles. The molecule has 62 valence electrons. The fourth-order valence-corrected chi connectivity index (χ4v) is 1.21. The zero-order valence-electron chi connectivity index (χ0n) is 7.18. The van der Waals surface area contributed by atoms with E-state index in [0.29, 0.717) is 12.2 Å². The second-order valence-electron chi connectivity index (χ2n) is 3.27. The fourth-order valence-electron chi connectivity index (χ4n) is 1.21. The van der Waals surface area contributed by atoms with Gasteiger partial charge in [0.25, 0.3) is 0 Å². The highest BCUT2D eigenvalue weighted by atomic mass is 16.1. The highest BCUT2D eigenvalue weighted by Gasteiger charge is 2.13. The van der Waals surface area contributed by atoms with Gasteiger partial charge in [0, 0.05) is 6.42 Å². The van der Waals surface area contributed by atoms with Gasteiger partial charge in [0.1, 0.15) is 0 Å². The summed E-state index contributed by atoms with van der Waals surface area (Å²) < 4.78 is 0.